The zero-order chi connectivity index (χ0) is 9.10. The summed E-state index contributed by atoms with van der Waals surface area (Å²) in [6.07, 6.45) is 1.33. The van der Waals surface area contributed by atoms with Crippen molar-refractivity contribution in [2.24, 2.45) is 0 Å². The van der Waals surface area contributed by atoms with Crippen molar-refractivity contribution in [3.63, 3.8) is 0 Å². The van der Waals surface area contributed by atoms with E-state index >= 15 is 0 Å². The summed E-state index contributed by atoms with van der Waals surface area (Å²) < 4.78 is 0. The van der Waals surface area contributed by atoms with Crippen LogP contribution in [-0.2, 0) is 0 Å². The molecule has 0 aliphatic rings. The summed E-state index contributed by atoms with van der Waals surface area (Å²) in [5, 5.41) is 19.9. The quantitative estimate of drug-likeness (QED) is 0.627. The first-order chi connectivity index (χ1) is 6.42. The number of nitrogens with zero attached hydrogens (tertiary/aromatic N) is 5. The molecule has 0 unspecified atom stereocenters. The zero-order valence-electron chi connectivity index (χ0n) is 6.62. The van der Waals surface area contributed by atoms with Gasteiger partial charge >= 0.3 is 0 Å². The lowest BCUT2D eigenvalue weighted by molar-refractivity contribution is 0.718. The fourth-order valence-corrected chi connectivity index (χ4v) is 1.02. The number of benzene rings is 1. The number of para-hydroxylation sites is 1. The summed E-state index contributed by atoms with van der Waals surface area (Å²) in [6.45, 7) is 0. The largest absolute Gasteiger partial charge is 0.192 e. The van der Waals surface area contributed by atoms with Crippen LogP contribution in [0.3, 0.4) is 0 Å². The Hall–Kier alpha value is -2.22. The summed E-state index contributed by atoms with van der Waals surface area (Å²) in [5.74, 6) is 0. The van der Waals surface area contributed by atoms with E-state index in [9.17, 15) is 0 Å². The molecule has 1 heterocycles. The molecule has 62 valence electrons. The predicted molar refractivity (Wildman–Crippen MR) is 43.9 cm³/mol. The molecule has 2 rings (SSSR count). The van der Waals surface area contributed by atoms with Gasteiger partial charge in [-0.2, -0.15) is 5.26 Å². The van der Waals surface area contributed by atoms with Crippen LogP contribution in [0.2, 0.25) is 0 Å². The number of rotatable bonds is 1. The predicted octanol–water partition coefficient (Wildman–Crippen LogP) is 0.534. The van der Waals surface area contributed by atoms with Crippen LogP contribution in [0, 0.1) is 11.3 Å². The van der Waals surface area contributed by atoms with Crippen molar-refractivity contribution in [3.8, 4) is 11.8 Å². The molecule has 0 fully saturated rings. The topological polar surface area (TPSA) is 67.4 Å². The third-order valence-corrected chi connectivity index (χ3v) is 1.59. The highest BCUT2D eigenvalue weighted by Gasteiger charge is 2.03. The molecule has 13 heavy (non-hydrogen) atoms. The minimum Gasteiger partial charge on any atom is -0.192 e. The standard InChI is InChI=1S/C8H5N5/c9-5-7-3-1-2-4-8(7)13-11-6-10-12-13/h1-4,6H. The van der Waals surface area contributed by atoms with Gasteiger partial charge in [-0.05, 0) is 17.3 Å². The Morgan fingerprint density at radius 3 is 2.85 bits per heavy atom. The van der Waals surface area contributed by atoms with Gasteiger partial charge in [0, 0.05) is 0 Å². The molecule has 0 N–H and O–H groups in total. The van der Waals surface area contributed by atoms with Crippen LogP contribution in [-0.4, -0.2) is 20.2 Å². The van der Waals surface area contributed by atoms with E-state index in [0.717, 1.165) is 0 Å². The molecule has 0 saturated carbocycles. The van der Waals surface area contributed by atoms with Crippen molar-refractivity contribution in [1.29, 1.82) is 5.26 Å². The number of aromatic nitrogens is 4. The normalized spacial score (nSPS) is 9.46. The fourth-order valence-electron chi connectivity index (χ4n) is 1.02. The summed E-state index contributed by atoms with van der Waals surface area (Å²) in [6, 6.07) is 9.14. The van der Waals surface area contributed by atoms with Gasteiger partial charge in [0.15, 0.2) is 6.33 Å². The van der Waals surface area contributed by atoms with E-state index in [0.29, 0.717) is 11.3 Å². The van der Waals surface area contributed by atoms with Gasteiger partial charge in [-0.1, -0.05) is 12.1 Å². The molecular formula is C8H5N5. The highest BCUT2D eigenvalue weighted by atomic mass is 15.6. The Bertz CT molecular complexity index is 440. The lowest BCUT2D eigenvalue weighted by atomic mass is 10.2. The van der Waals surface area contributed by atoms with Crippen LogP contribution in [0.1, 0.15) is 5.56 Å². The van der Waals surface area contributed by atoms with Gasteiger partial charge in [0.1, 0.15) is 11.8 Å². The van der Waals surface area contributed by atoms with Crippen molar-refractivity contribution in [3.05, 3.63) is 36.2 Å². The maximum absolute atomic E-state index is 8.78. The summed E-state index contributed by atoms with van der Waals surface area (Å²) in [7, 11) is 0. The van der Waals surface area contributed by atoms with Gasteiger partial charge in [0.2, 0.25) is 0 Å². The summed E-state index contributed by atoms with van der Waals surface area (Å²) >= 11 is 0. The molecule has 1 aromatic carbocycles. The first-order valence-corrected chi connectivity index (χ1v) is 3.64. The number of hydrogen-bond donors (Lipinski definition) is 0. The molecule has 5 heteroatoms. The highest BCUT2D eigenvalue weighted by Crippen LogP contribution is 2.09. The maximum Gasteiger partial charge on any atom is 0.162 e. The van der Waals surface area contributed by atoms with E-state index in [-0.39, 0.29) is 0 Å². The first kappa shape index (κ1) is 7.43. The Morgan fingerprint density at radius 1 is 1.31 bits per heavy atom. The average molecular weight is 171 g/mol. The van der Waals surface area contributed by atoms with Crippen LogP contribution in [0.5, 0.6) is 0 Å². The van der Waals surface area contributed by atoms with Crippen LogP contribution in [0.25, 0.3) is 5.69 Å². The van der Waals surface area contributed by atoms with Crippen molar-refractivity contribution in [2.45, 2.75) is 0 Å². The second-order valence-corrected chi connectivity index (χ2v) is 2.35. The van der Waals surface area contributed by atoms with Gasteiger partial charge in [-0.3, -0.25) is 0 Å². The molecular weight excluding hydrogens is 166 g/mol. The number of hydrogen-bond acceptors (Lipinski definition) is 4. The molecule has 1 aromatic heterocycles. The van der Waals surface area contributed by atoms with Gasteiger partial charge in [0.05, 0.1) is 5.56 Å². The van der Waals surface area contributed by atoms with E-state index in [1.54, 1.807) is 18.2 Å². The highest BCUT2D eigenvalue weighted by molar-refractivity contribution is 5.46. The average Bonchev–Trinajstić information content (AvgIpc) is 2.70. The molecule has 0 saturated heterocycles. The van der Waals surface area contributed by atoms with Crippen molar-refractivity contribution < 1.29 is 0 Å². The second kappa shape index (κ2) is 3.03. The second-order valence-electron chi connectivity index (χ2n) is 2.35. The minimum absolute atomic E-state index is 0.528. The van der Waals surface area contributed by atoms with Crippen molar-refractivity contribution in [2.75, 3.05) is 0 Å². The van der Waals surface area contributed by atoms with Crippen molar-refractivity contribution >= 4 is 0 Å². The molecule has 5 nitrogen and oxygen atoms in total. The van der Waals surface area contributed by atoms with E-state index in [4.69, 9.17) is 5.26 Å². The van der Waals surface area contributed by atoms with E-state index in [1.807, 2.05) is 6.07 Å². The number of nitriles is 1. The molecule has 0 amide bonds. The molecule has 0 atom stereocenters. The smallest absolute Gasteiger partial charge is 0.162 e. The summed E-state index contributed by atoms with van der Waals surface area (Å²) in [4.78, 5) is 1.32. The van der Waals surface area contributed by atoms with Gasteiger partial charge in [0.25, 0.3) is 0 Å². The SMILES string of the molecule is N#Cc1ccccc1-n1ncnn1. The van der Waals surface area contributed by atoms with Crippen LogP contribution in [0.15, 0.2) is 30.6 Å². The van der Waals surface area contributed by atoms with Gasteiger partial charge < -0.3 is 0 Å². The minimum atomic E-state index is 0.528. The van der Waals surface area contributed by atoms with Crippen molar-refractivity contribution in [1.82, 2.24) is 20.2 Å². The lowest BCUT2D eigenvalue weighted by Gasteiger charge is -1.98. The van der Waals surface area contributed by atoms with Gasteiger partial charge in [-0.15, -0.1) is 15.0 Å². The summed E-state index contributed by atoms with van der Waals surface area (Å²) in [5.41, 5.74) is 1.17. The zero-order valence-corrected chi connectivity index (χ0v) is 6.62. The Labute approximate surface area is 74.2 Å². The maximum atomic E-state index is 8.78. The van der Waals surface area contributed by atoms with Crippen LogP contribution >= 0.6 is 0 Å². The Kier molecular flexibility index (Phi) is 1.73. The Morgan fingerprint density at radius 2 is 2.15 bits per heavy atom. The molecule has 0 spiro atoms. The fraction of sp³-hybridized carbons (Fsp3) is 0. The van der Waals surface area contributed by atoms with E-state index < -0.39 is 0 Å². The first-order valence-electron chi connectivity index (χ1n) is 3.64. The monoisotopic (exact) mass is 171 g/mol. The lowest BCUT2D eigenvalue weighted by Crippen LogP contribution is -2.01. The molecule has 0 bridgehead atoms. The van der Waals surface area contributed by atoms with Gasteiger partial charge in [-0.25, -0.2) is 0 Å². The molecule has 0 aliphatic carbocycles. The molecule has 2 aromatic rings. The third kappa shape index (κ3) is 1.25. The third-order valence-electron chi connectivity index (χ3n) is 1.59. The van der Waals surface area contributed by atoms with E-state index in [1.165, 1.54) is 11.1 Å². The molecule has 0 radical (unpaired) electrons. The van der Waals surface area contributed by atoms with Crippen LogP contribution in [0.4, 0.5) is 0 Å². The number of tetrazole rings is 1. The Balaban J connectivity index is 2.59. The van der Waals surface area contributed by atoms with E-state index in [2.05, 4.69) is 21.5 Å². The van der Waals surface area contributed by atoms with Crippen LogP contribution < -0.4 is 0 Å². The molecule has 0 aliphatic heterocycles.